The van der Waals surface area contributed by atoms with Gasteiger partial charge in [0.1, 0.15) is 6.61 Å². The highest BCUT2D eigenvalue weighted by molar-refractivity contribution is 6.29. The monoisotopic (exact) mass is 498 g/mol. The molecule has 1 aromatic carbocycles. The predicted octanol–water partition coefficient (Wildman–Crippen LogP) is 4.19. The summed E-state index contributed by atoms with van der Waals surface area (Å²) >= 11 is 6.11. The van der Waals surface area contributed by atoms with E-state index in [-0.39, 0.29) is 11.6 Å². The highest BCUT2D eigenvalue weighted by Gasteiger charge is 2.50. The quantitative estimate of drug-likeness (QED) is 0.661. The van der Waals surface area contributed by atoms with Crippen LogP contribution in [0.3, 0.4) is 0 Å². The summed E-state index contributed by atoms with van der Waals surface area (Å²) in [5, 5.41) is 8.25. The van der Waals surface area contributed by atoms with Crippen molar-refractivity contribution in [3.63, 3.8) is 0 Å². The standard InChI is InChI=1S/C26H35ClN6O2/c1-26(2,19-10-12-31(13-11-19)25(34)35-17-18-6-4-3-5-7-18)33-20-8-9-21(33)16-32(15-20)22-14-23(27)29-30-24(22)28/h3-7,14,19-21H,8-13,15-17H2,1-2H3,(H2,28,30). The zero-order valence-corrected chi connectivity index (χ0v) is 21.3. The maximum atomic E-state index is 12.6. The Morgan fingerprint density at radius 2 is 1.74 bits per heavy atom. The van der Waals surface area contributed by atoms with Crippen LogP contribution in [0.25, 0.3) is 0 Å². The molecule has 9 heteroatoms. The average Bonchev–Trinajstić information content (AvgIpc) is 3.15. The van der Waals surface area contributed by atoms with Gasteiger partial charge < -0.3 is 20.3 Å². The van der Waals surface area contributed by atoms with Gasteiger partial charge in [-0.25, -0.2) is 4.79 Å². The van der Waals surface area contributed by atoms with Crippen molar-refractivity contribution >= 4 is 29.2 Å². The molecule has 0 saturated carbocycles. The van der Waals surface area contributed by atoms with E-state index >= 15 is 0 Å². The molecule has 188 valence electrons. The highest BCUT2D eigenvalue weighted by atomic mass is 35.5. The molecule has 2 unspecified atom stereocenters. The number of piperazine rings is 1. The first-order valence-electron chi connectivity index (χ1n) is 12.6. The minimum absolute atomic E-state index is 0.0532. The van der Waals surface area contributed by atoms with Gasteiger partial charge in [0.15, 0.2) is 11.0 Å². The van der Waals surface area contributed by atoms with Crippen molar-refractivity contribution in [2.24, 2.45) is 5.92 Å². The first-order chi connectivity index (χ1) is 16.8. The maximum absolute atomic E-state index is 12.6. The van der Waals surface area contributed by atoms with Crippen LogP contribution in [0.4, 0.5) is 16.3 Å². The van der Waals surface area contributed by atoms with Gasteiger partial charge >= 0.3 is 6.09 Å². The second-order valence-electron chi connectivity index (χ2n) is 10.6. The molecule has 0 radical (unpaired) electrons. The predicted molar refractivity (Wildman–Crippen MR) is 137 cm³/mol. The zero-order valence-electron chi connectivity index (χ0n) is 20.6. The lowest BCUT2D eigenvalue weighted by atomic mass is 9.78. The molecule has 0 aliphatic carbocycles. The highest BCUT2D eigenvalue weighted by Crippen LogP contribution is 2.43. The fourth-order valence-corrected chi connectivity index (χ4v) is 6.59. The number of hydrogen-bond donors (Lipinski definition) is 1. The summed E-state index contributed by atoms with van der Waals surface area (Å²) in [5.41, 5.74) is 8.09. The number of fused-ring (bicyclic) bond motifs is 2. The summed E-state index contributed by atoms with van der Waals surface area (Å²) in [6.45, 7) is 8.42. The molecule has 3 fully saturated rings. The van der Waals surface area contributed by atoms with Crippen molar-refractivity contribution in [3.05, 3.63) is 47.1 Å². The lowest BCUT2D eigenvalue weighted by molar-refractivity contribution is -0.0148. The number of halogens is 1. The first-order valence-corrected chi connectivity index (χ1v) is 13.0. The molecule has 8 nitrogen and oxygen atoms in total. The summed E-state index contributed by atoms with van der Waals surface area (Å²) in [4.78, 5) is 19.6. The number of rotatable bonds is 5. The molecule has 5 rings (SSSR count). The van der Waals surface area contributed by atoms with Crippen LogP contribution in [0.5, 0.6) is 0 Å². The average molecular weight is 499 g/mol. The summed E-state index contributed by atoms with van der Waals surface area (Å²) in [7, 11) is 0. The number of aromatic nitrogens is 2. The van der Waals surface area contributed by atoms with Crippen LogP contribution in [0, 0.1) is 5.92 Å². The van der Waals surface area contributed by atoms with Gasteiger partial charge in [0, 0.05) is 49.9 Å². The third kappa shape index (κ3) is 4.91. The molecule has 1 amide bonds. The zero-order chi connectivity index (χ0) is 24.6. The third-order valence-electron chi connectivity index (χ3n) is 8.22. The van der Waals surface area contributed by atoms with E-state index in [2.05, 4.69) is 33.8 Å². The molecule has 1 aromatic heterocycles. The van der Waals surface area contributed by atoms with E-state index in [1.807, 2.05) is 41.3 Å². The van der Waals surface area contributed by atoms with Crippen LogP contribution in [0.2, 0.25) is 5.15 Å². The lowest BCUT2D eigenvalue weighted by Gasteiger charge is -2.54. The molecule has 35 heavy (non-hydrogen) atoms. The molecule has 0 spiro atoms. The number of carbonyl (C=O) groups is 1. The molecule has 3 aliphatic heterocycles. The Bertz CT molecular complexity index is 1030. The molecular weight excluding hydrogens is 464 g/mol. The van der Waals surface area contributed by atoms with Crippen molar-refractivity contribution in [1.82, 2.24) is 20.0 Å². The minimum Gasteiger partial charge on any atom is -0.445 e. The van der Waals surface area contributed by atoms with Crippen LogP contribution in [-0.2, 0) is 11.3 Å². The number of hydrogen-bond acceptors (Lipinski definition) is 7. The van der Waals surface area contributed by atoms with E-state index < -0.39 is 0 Å². The smallest absolute Gasteiger partial charge is 0.410 e. The van der Waals surface area contributed by atoms with E-state index in [4.69, 9.17) is 22.1 Å². The molecule has 2 atom stereocenters. The number of piperidine rings is 1. The van der Waals surface area contributed by atoms with Gasteiger partial charge in [0.2, 0.25) is 0 Å². The van der Waals surface area contributed by atoms with Crippen LogP contribution < -0.4 is 10.6 Å². The number of anilines is 2. The molecule has 3 saturated heterocycles. The number of nitrogens with zero attached hydrogens (tertiary/aromatic N) is 5. The molecule has 2 N–H and O–H groups in total. The summed E-state index contributed by atoms with van der Waals surface area (Å²) in [6.07, 6.45) is 4.14. The van der Waals surface area contributed by atoms with Crippen LogP contribution >= 0.6 is 11.6 Å². The van der Waals surface area contributed by atoms with Crippen molar-refractivity contribution in [2.75, 3.05) is 36.8 Å². The minimum atomic E-state index is -0.207. The first kappa shape index (κ1) is 24.1. The van der Waals surface area contributed by atoms with Crippen LogP contribution in [-0.4, -0.2) is 69.9 Å². The summed E-state index contributed by atoms with van der Waals surface area (Å²) in [6, 6.07) is 12.6. The molecule has 4 heterocycles. The van der Waals surface area contributed by atoms with E-state index in [1.165, 1.54) is 12.8 Å². The fraction of sp³-hybridized carbons (Fsp3) is 0.577. The number of nitrogen functional groups attached to an aromatic ring is 1. The Morgan fingerprint density at radius 1 is 1.09 bits per heavy atom. The topological polar surface area (TPSA) is 87.8 Å². The van der Waals surface area contributed by atoms with Crippen LogP contribution in [0.15, 0.2) is 36.4 Å². The molecule has 2 aromatic rings. The largest absolute Gasteiger partial charge is 0.445 e. The molecule has 3 aliphatic rings. The van der Waals surface area contributed by atoms with Gasteiger partial charge in [-0.3, -0.25) is 4.90 Å². The Morgan fingerprint density at radius 3 is 2.40 bits per heavy atom. The van der Waals surface area contributed by atoms with Crippen LogP contribution in [0.1, 0.15) is 45.1 Å². The molecule has 2 bridgehead atoms. The lowest BCUT2D eigenvalue weighted by Crippen LogP contribution is -2.64. The summed E-state index contributed by atoms with van der Waals surface area (Å²) in [5.74, 6) is 0.963. The van der Waals surface area contributed by atoms with Crippen molar-refractivity contribution in [3.8, 4) is 0 Å². The maximum Gasteiger partial charge on any atom is 0.410 e. The number of nitrogens with two attached hydrogens (primary N) is 1. The third-order valence-corrected chi connectivity index (χ3v) is 8.40. The Labute approximate surface area is 212 Å². The van der Waals surface area contributed by atoms with Gasteiger partial charge in [-0.1, -0.05) is 41.9 Å². The summed E-state index contributed by atoms with van der Waals surface area (Å²) < 4.78 is 5.56. The Hall–Kier alpha value is -2.58. The van der Waals surface area contributed by atoms with Gasteiger partial charge in [-0.15, -0.1) is 10.2 Å². The Balaban J connectivity index is 1.18. The van der Waals surface area contributed by atoms with E-state index in [1.54, 1.807) is 0 Å². The fourth-order valence-electron chi connectivity index (χ4n) is 6.45. The van der Waals surface area contributed by atoms with Gasteiger partial charge in [-0.2, -0.15) is 0 Å². The normalized spacial score (nSPS) is 23.5. The number of ether oxygens (including phenoxy) is 1. The number of benzene rings is 1. The second-order valence-corrected chi connectivity index (χ2v) is 11.0. The van der Waals surface area contributed by atoms with Gasteiger partial charge in [0.05, 0.1) is 5.69 Å². The number of amides is 1. The molecular formula is C26H35ClN6O2. The Kier molecular flexibility index (Phi) is 6.77. The van der Waals surface area contributed by atoms with Crippen molar-refractivity contribution in [1.29, 1.82) is 0 Å². The van der Waals surface area contributed by atoms with E-state index in [0.717, 1.165) is 50.3 Å². The van der Waals surface area contributed by atoms with Crippen molar-refractivity contribution < 1.29 is 9.53 Å². The van der Waals surface area contributed by atoms with Gasteiger partial charge in [0.25, 0.3) is 0 Å². The number of likely N-dealkylation sites (tertiary alicyclic amines) is 1. The van der Waals surface area contributed by atoms with E-state index in [0.29, 0.717) is 35.6 Å². The van der Waals surface area contributed by atoms with E-state index in [9.17, 15) is 4.79 Å². The second kappa shape index (κ2) is 9.82. The van der Waals surface area contributed by atoms with Crippen molar-refractivity contribution in [2.45, 2.75) is 63.8 Å². The number of carbonyl (C=O) groups excluding carboxylic acids is 1. The SMILES string of the molecule is CC(C)(C1CCN(C(=O)OCc2ccccc2)CC1)N1C2CCC1CN(c1cc(Cl)nnc1N)C2. The van der Waals surface area contributed by atoms with Gasteiger partial charge in [-0.05, 0) is 51.0 Å².